The molecule has 0 saturated carbocycles. The maximum absolute atomic E-state index is 8.96. The molecule has 5 heteroatoms. The number of benzene rings is 1. The summed E-state index contributed by atoms with van der Waals surface area (Å²) >= 11 is 11.1. The quantitative estimate of drug-likeness (QED) is 0.887. The van der Waals surface area contributed by atoms with E-state index in [1.807, 2.05) is 0 Å². The summed E-state index contributed by atoms with van der Waals surface area (Å²) in [5, 5.41) is 9.36. The molecule has 1 aromatic carbocycles. The number of rotatable bonds is 5. The van der Waals surface area contributed by atoms with Gasteiger partial charge in [-0.05, 0) is 17.7 Å². The van der Waals surface area contributed by atoms with Crippen molar-refractivity contribution in [2.45, 2.75) is 6.61 Å². The molecule has 0 bridgehead atoms. The second-order valence-electron chi connectivity index (χ2n) is 2.99. The normalized spacial score (nSPS) is 11.4. The lowest BCUT2D eigenvalue weighted by Crippen LogP contribution is -1.99. The minimum atomic E-state index is -0.0427. The molecule has 0 aliphatic heterocycles. The van der Waals surface area contributed by atoms with Gasteiger partial charge in [0.1, 0.15) is 6.61 Å². The maximum Gasteiger partial charge on any atom is 0.161 e. The Labute approximate surface area is 104 Å². The standard InChI is InChI=1S/C11H12Cl2O3/c1-15-11-4-8(6-14)2-3-10(11)16-7-9(13)5-12/h2-5,14H,6-7H2,1H3. The molecule has 88 valence electrons. The molecular formula is C11H12Cl2O3. The lowest BCUT2D eigenvalue weighted by Gasteiger charge is -2.11. The van der Waals surface area contributed by atoms with Gasteiger partial charge in [-0.3, -0.25) is 0 Å². The van der Waals surface area contributed by atoms with Gasteiger partial charge in [0.05, 0.1) is 18.7 Å². The van der Waals surface area contributed by atoms with E-state index in [1.165, 1.54) is 12.6 Å². The van der Waals surface area contributed by atoms with Crippen molar-refractivity contribution in [2.24, 2.45) is 0 Å². The molecule has 0 unspecified atom stereocenters. The number of hydrogen-bond acceptors (Lipinski definition) is 3. The molecule has 0 radical (unpaired) electrons. The highest BCUT2D eigenvalue weighted by Crippen LogP contribution is 2.28. The van der Waals surface area contributed by atoms with Gasteiger partial charge in [-0.1, -0.05) is 29.3 Å². The Hall–Kier alpha value is -0.900. The fourth-order valence-electron chi connectivity index (χ4n) is 1.11. The fourth-order valence-corrected chi connectivity index (χ4v) is 1.23. The third-order valence-electron chi connectivity index (χ3n) is 1.89. The topological polar surface area (TPSA) is 38.7 Å². The van der Waals surface area contributed by atoms with Gasteiger partial charge in [0.15, 0.2) is 11.5 Å². The van der Waals surface area contributed by atoms with Crippen LogP contribution in [0.15, 0.2) is 28.8 Å². The zero-order valence-electron chi connectivity index (χ0n) is 8.74. The minimum Gasteiger partial charge on any atom is -0.493 e. The zero-order chi connectivity index (χ0) is 12.0. The van der Waals surface area contributed by atoms with Gasteiger partial charge in [0, 0.05) is 5.54 Å². The maximum atomic E-state index is 8.96. The summed E-state index contributed by atoms with van der Waals surface area (Å²) in [6.07, 6.45) is 0. The highest BCUT2D eigenvalue weighted by molar-refractivity contribution is 6.36. The number of hydrogen-bond donors (Lipinski definition) is 1. The van der Waals surface area contributed by atoms with Crippen molar-refractivity contribution in [2.75, 3.05) is 13.7 Å². The average Bonchev–Trinajstić information content (AvgIpc) is 2.35. The Bertz CT molecular complexity index is 377. The van der Waals surface area contributed by atoms with Crippen LogP contribution in [0.4, 0.5) is 0 Å². The monoisotopic (exact) mass is 262 g/mol. The van der Waals surface area contributed by atoms with E-state index in [0.29, 0.717) is 16.5 Å². The van der Waals surface area contributed by atoms with Crippen LogP contribution in [0.1, 0.15) is 5.56 Å². The molecule has 3 nitrogen and oxygen atoms in total. The SMILES string of the molecule is COc1cc(CO)ccc1OCC(Cl)=CCl. The predicted molar refractivity (Wildman–Crippen MR) is 64.2 cm³/mol. The summed E-state index contributed by atoms with van der Waals surface area (Å²) in [5.74, 6) is 1.10. The summed E-state index contributed by atoms with van der Waals surface area (Å²) < 4.78 is 10.5. The van der Waals surface area contributed by atoms with Gasteiger partial charge >= 0.3 is 0 Å². The summed E-state index contributed by atoms with van der Waals surface area (Å²) in [6.45, 7) is 0.138. The second-order valence-corrected chi connectivity index (χ2v) is 3.69. The van der Waals surface area contributed by atoms with Crippen LogP contribution in [0.5, 0.6) is 11.5 Å². The summed E-state index contributed by atoms with van der Waals surface area (Å²) in [4.78, 5) is 0. The molecule has 0 aliphatic rings. The molecule has 0 aliphatic carbocycles. The first-order chi connectivity index (χ1) is 7.71. The molecule has 1 N–H and O–H groups in total. The molecular weight excluding hydrogens is 251 g/mol. The van der Waals surface area contributed by atoms with Gasteiger partial charge < -0.3 is 14.6 Å². The van der Waals surface area contributed by atoms with Gasteiger partial charge in [-0.2, -0.15) is 0 Å². The molecule has 1 rings (SSSR count). The molecule has 0 atom stereocenters. The Kier molecular flexibility index (Phi) is 5.46. The predicted octanol–water partition coefficient (Wildman–Crippen LogP) is 2.89. The van der Waals surface area contributed by atoms with E-state index in [1.54, 1.807) is 18.2 Å². The average molecular weight is 263 g/mol. The molecule has 0 amide bonds. The van der Waals surface area contributed by atoms with Crippen molar-refractivity contribution in [1.29, 1.82) is 0 Å². The fraction of sp³-hybridized carbons (Fsp3) is 0.273. The van der Waals surface area contributed by atoms with Gasteiger partial charge in [-0.25, -0.2) is 0 Å². The Morgan fingerprint density at radius 1 is 1.44 bits per heavy atom. The van der Waals surface area contributed by atoms with Crippen molar-refractivity contribution in [1.82, 2.24) is 0 Å². The van der Waals surface area contributed by atoms with E-state index in [0.717, 1.165) is 5.56 Å². The molecule has 0 saturated heterocycles. The summed E-state index contributed by atoms with van der Waals surface area (Å²) in [6, 6.07) is 5.16. The third kappa shape index (κ3) is 3.59. The van der Waals surface area contributed by atoms with Crippen molar-refractivity contribution < 1.29 is 14.6 Å². The van der Waals surface area contributed by atoms with Crippen LogP contribution in [0.3, 0.4) is 0 Å². The van der Waals surface area contributed by atoms with Crippen LogP contribution >= 0.6 is 23.2 Å². The van der Waals surface area contributed by atoms with Crippen LogP contribution in [-0.2, 0) is 6.61 Å². The van der Waals surface area contributed by atoms with E-state index in [4.69, 9.17) is 37.8 Å². The van der Waals surface area contributed by atoms with Crippen molar-refractivity contribution in [3.05, 3.63) is 34.3 Å². The number of aliphatic hydroxyl groups is 1. The molecule has 0 spiro atoms. The zero-order valence-corrected chi connectivity index (χ0v) is 10.3. The highest BCUT2D eigenvalue weighted by atomic mass is 35.5. The van der Waals surface area contributed by atoms with Crippen LogP contribution in [0, 0.1) is 0 Å². The largest absolute Gasteiger partial charge is 0.493 e. The number of ether oxygens (including phenoxy) is 2. The lowest BCUT2D eigenvalue weighted by atomic mass is 10.2. The van der Waals surface area contributed by atoms with E-state index < -0.39 is 0 Å². The van der Waals surface area contributed by atoms with E-state index in [-0.39, 0.29) is 13.2 Å². The first-order valence-corrected chi connectivity index (χ1v) is 5.38. The first kappa shape index (κ1) is 13.2. The van der Waals surface area contributed by atoms with E-state index in [2.05, 4.69) is 0 Å². The molecule has 0 aromatic heterocycles. The number of methoxy groups -OCH3 is 1. The van der Waals surface area contributed by atoms with Crippen molar-refractivity contribution in [3.8, 4) is 11.5 Å². The van der Waals surface area contributed by atoms with Crippen LogP contribution in [0.2, 0.25) is 0 Å². The third-order valence-corrected chi connectivity index (χ3v) is 2.49. The smallest absolute Gasteiger partial charge is 0.161 e. The van der Waals surface area contributed by atoms with Crippen LogP contribution < -0.4 is 9.47 Å². The molecule has 0 fully saturated rings. The minimum absolute atomic E-state index is 0.0427. The molecule has 16 heavy (non-hydrogen) atoms. The van der Waals surface area contributed by atoms with E-state index >= 15 is 0 Å². The van der Waals surface area contributed by atoms with Crippen molar-refractivity contribution >= 4 is 23.2 Å². The van der Waals surface area contributed by atoms with Gasteiger partial charge in [0.25, 0.3) is 0 Å². The first-order valence-electron chi connectivity index (χ1n) is 4.56. The van der Waals surface area contributed by atoms with Crippen molar-refractivity contribution in [3.63, 3.8) is 0 Å². The number of aliphatic hydroxyl groups excluding tert-OH is 1. The number of halogens is 2. The van der Waals surface area contributed by atoms with Gasteiger partial charge in [-0.15, -0.1) is 0 Å². The van der Waals surface area contributed by atoms with Crippen LogP contribution in [-0.4, -0.2) is 18.8 Å². The Balaban J connectivity index is 2.79. The van der Waals surface area contributed by atoms with Crippen LogP contribution in [0.25, 0.3) is 0 Å². The lowest BCUT2D eigenvalue weighted by molar-refractivity contribution is 0.279. The summed E-state index contributed by atoms with van der Waals surface area (Å²) in [7, 11) is 1.53. The Morgan fingerprint density at radius 2 is 2.19 bits per heavy atom. The second kappa shape index (κ2) is 6.63. The Morgan fingerprint density at radius 3 is 2.75 bits per heavy atom. The van der Waals surface area contributed by atoms with E-state index in [9.17, 15) is 0 Å². The summed E-state index contributed by atoms with van der Waals surface area (Å²) in [5.41, 5.74) is 2.00. The molecule has 0 heterocycles. The molecule has 1 aromatic rings. The highest BCUT2D eigenvalue weighted by Gasteiger charge is 2.05. The van der Waals surface area contributed by atoms with Gasteiger partial charge in [0.2, 0.25) is 0 Å².